The van der Waals surface area contributed by atoms with Gasteiger partial charge in [-0.2, -0.15) is 43.9 Å². The van der Waals surface area contributed by atoms with E-state index in [-0.39, 0.29) is 6.42 Å². The summed E-state index contributed by atoms with van der Waals surface area (Å²) in [5.74, 6) is -42.2. The van der Waals surface area contributed by atoms with Crippen molar-refractivity contribution in [2.75, 3.05) is 13.2 Å². The summed E-state index contributed by atoms with van der Waals surface area (Å²) >= 11 is 0. The molecule has 0 radical (unpaired) electrons. The molecule has 170 valence electrons. The Morgan fingerprint density at radius 3 is 1.41 bits per heavy atom. The van der Waals surface area contributed by atoms with Gasteiger partial charge in [0.15, 0.2) is 0 Å². The Kier molecular flexibility index (Phi) is 6.21. The molecule has 1 atom stereocenters. The van der Waals surface area contributed by atoms with Crippen molar-refractivity contribution in [2.45, 2.75) is 55.5 Å². The van der Waals surface area contributed by atoms with Gasteiger partial charge in [-0.3, -0.25) is 4.79 Å². The zero-order valence-electron chi connectivity index (χ0n) is 14.5. The summed E-state index contributed by atoms with van der Waals surface area (Å²) < 4.78 is 156. The first-order valence-corrected chi connectivity index (χ1v) is 7.70. The highest BCUT2D eigenvalue weighted by Crippen LogP contribution is 2.69. The van der Waals surface area contributed by atoms with Crippen LogP contribution in [0.2, 0.25) is 0 Å². The summed E-state index contributed by atoms with van der Waals surface area (Å²) in [6.45, 7) is 0.304. The molecule has 1 rings (SSSR count). The molecule has 0 amide bonds. The molecule has 0 spiro atoms. The van der Waals surface area contributed by atoms with Crippen LogP contribution in [-0.4, -0.2) is 60.4 Å². The quantitative estimate of drug-likeness (QED) is 0.346. The maximum atomic E-state index is 14.2. The highest BCUT2D eigenvalue weighted by Gasteiger charge is 3.03. The molecular weight excluding hydrogens is 441 g/mol. The van der Waals surface area contributed by atoms with E-state index in [4.69, 9.17) is 0 Å². The van der Waals surface area contributed by atoms with Gasteiger partial charge in [0.1, 0.15) is 13.2 Å². The number of rotatable bonds is 6. The molecule has 0 N–H and O–H groups in total. The van der Waals surface area contributed by atoms with Gasteiger partial charge in [-0.15, -0.1) is 0 Å². The van der Waals surface area contributed by atoms with Crippen LogP contribution in [0, 0.1) is 5.92 Å². The maximum Gasteiger partial charge on any atom is 0.384 e. The number of ether oxygens (including phenoxy) is 2. The van der Waals surface area contributed by atoms with Crippen LogP contribution in [-0.2, 0) is 19.1 Å². The summed E-state index contributed by atoms with van der Waals surface area (Å²) in [5.41, 5.74) is -6.87. The van der Waals surface area contributed by atoms with Crippen molar-refractivity contribution < 1.29 is 67.4 Å². The number of halogens is 11. The van der Waals surface area contributed by atoms with E-state index in [1.807, 2.05) is 0 Å². The van der Waals surface area contributed by atoms with Crippen LogP contribution < -0.4 is 0 Å². The molecule has 0 saturated heterocycles. The first-order valence-electron chi connectivity index (χ1n) is 7.70. The number of carbonyl (C=O) groups is 2. The Morgan fingerprint density at radius 2 is 1.03 bits per heavy atom. The van der Waals surface area contributed by atoms with Crippen molar-refractivity contribution in [1.82, 2.24) is 0 Å². The lowest BCUT2D eigenvalue weighted by atomic mass is 9.72. The third-order valence-electron chi connectivity index (χ3n) is 4.30. The summed E-state index contributed by atoms with van der Waals surface area (Å²) in [7, 11) is 0. The molecule has 1 aliphatic rings. The zero-order valence-corrected chi connectivity index (χ0v) is 14.5. The number of esters is 2. The van der Waals surface area contributed by atoms with Crippen molar-refractivity contribution in [2.24, 2.45) is 5.92 Å². The van der Waals surface area contributed by atoms with Gasteiger partial charge in [-0.1, -0.05) is 13.8 Å². The third kappa shape index (κ3) is 3.02. The zero-order chi connectivity index (χ0) is 23.3. The second kappa shape index (κ2) is 7.15. The first kappa shape index (κ1) is 25.2. The fourth-order valence-electron chi connectivity index (χ4n) is 2.16. The Balaban J connectivity index is 3.20. The average Bonchev–Trinajstić information content (AvgIpc) is 2.61. The van der Waals surface area contributed by atoms with Crippen molar-refractivity contribution in [3.05, 3.63) is 0 Å². The molecule has 0 aromatic heterocycles. The summed E-state index contributed by atoms with van der Waals surface area (Å²) in [6, 6.07) is 0. The topological polar surface area (TPSA) is 52.6 Å². The van der Waals surface area contributed by atoms with E-state index in [0.29, 0.717) is 0 Å². The smallest absolute Gasteiger partial charge is 0.384 e. The van der Waals surface area contributed by atoms with Crippen LogP contribution in [0.3, 0.4) is 0 Å². The first-order chi connectivity index (χ1) is 12.8. The van der Waals surface area contributed by atoms with Gasteiger partial charge in [0.05, 0.1) is 5.92 Å². The molecule has 0 bridgehead atoms. The Hall–Kier alpha value is -1.83. The van der Waals surface area contributed by atoms with Crippen LogP contribution in [0.5, 0.6) is 0 Å². The second-order valence-corrected chi connectivity index (χ2v) is 6.14. The van der Waals surface area contributed by atoms with Crippen LogP contribution in [0.15, 0.2) is 0 Å². The van der Waals surface area contributed by atoms with Gasteiger partial charge < -0.3 is 9.47 Å². The SMILES string of the molecule is CCC(C)C(=O)OCCOC(=O)C1(F)C(F)(F)C(F)(F)C(F)(F)C(F)(F)C1(F)F. The molecule has 15 heteroatoms. The Morgan fingerprint density at radius 1 is 0.690 bits per heavy atom. The van der Waals surface area contributed by atoms with Crippen molar-refractivity contribution in [1.29, 1.82) is 0 Å². The lowest BCUT2D eigenvalue weighted by molar-refractivity contribution is -0.478. The Bertz CT molecular complexity index is 632. The normalized spacial score (nSPS) is 26.2. The molecule has 0 aromatic rings. The fourth-order valence-corrected chi connectivity index (χ4v) is 2.16. The predicted octanol–water partition coefficient (Wildman–Crippen LogP) is 4.02. The van der Waals surface area contributed by atoms with Gasteiger partial charge >= 0.3 is 47.2 Å². The predicted molar refractivity (Wildman–Crippen MR) is 69.9 cm³/mol. The largest absolute Gasteiger partial charge is 0.462 e. The Labute approximate surface area is 155 Å². The molecular formula is C14H13F11O4. The second-order valence-electron chi connectivity index (χ2n) is 6.14. The number of carbonyl (C=O) groups excluding carboxylic acids is 2. The summed E-state index contributed by atoms with van der Waals surface area (Å²) in [4.78, 5) is 22.6. The van der Waals surface area contributed by atoms with Crippen LogP contribution in [0.1, 0.15) is 20.3 Å². The third-order valence-corrected chi connectivity index (χ3v) is 4.30. The van der Waals surface area contributed by atoms with Gasteiger partial charge in [0.2, 0.25) is 0 Å². The molecule has 1 saturated carbocycles. The molecule has 29 heavy (non-hydrogen) atoms. The summed E-state index contributed by atoms with van der Waals surface area (Å²) in [5, 5.41) is 0. The standard InChI is InChI=1S/C14H13F11O4/c1-3-6(2)7(26)28-4-5-29-8(27)9(15)10(16,17)12(20,21)14(24,25)13(22,23)11(9,18)19/h6H,3-5H2,1-2H3. The minimum Gasteiger partial charge on any atom is -0.462 e. The van der Waals surface area contributed by atoms with Crippen LogP contribution >= 0.6 is 0 Å². The maximum absolute atomic E-state index is 14.2. The fraction of sp³-hybridized carbons (Fsp3) is 0.857. The lowest BCUT2D eigenvalue weighted by Crippen LogP contribution is -2.85. The van der Waals surface area contributed by atoms with Crippen LogP contribution in [0.25, 0.3) is 0 Å². The number of hydrogen-bond donors (Lipinski definition) is 0. The highest BCUT2D eigenvalue weighted by molar-refractivity contribution is 5.84. The van der Waals surface area contributed by atoms with E-state index in [0.717, 1.165) is 0 Å². The molecule has 1 unspecified atom stereocenters. The molecule has 0 heterocycles. The number of alkyl halides is 11. The van der Waals surface area contributed by atoms with E-state index < -0.39 is 66.4 Å². The molecule has 1 aliphatic carbocycles. The van der Waals surface area contributed by atoms with E-state index in [1.54, 1.807) is 0 Å². The van der Waals surface area contributed by atoms with E-state index in [1.165, 1.54) is 13.8 Å². The number of hydrogen-bond acceptors (Lipinski definition) is 4. The van der Waals surface area contributed by atoms with Gasteiger partial charge in [0.25, 0.3) is 0 Å². The van der Waals surface area contributed by atoms with E-state index in [2.05, 4.69) is 9.47 Å². The van der Waals surface area contributed by atoms with Crippen LogP contribution in [0.4, 0.5) is 48.3 Å². The van der Waals surface area contributed by atoms with E-state index in [9.17, 15) is 57.9 Å². The minimum atomic E-state index is -7.42. The van der Waals surface area contributed by atoms with Crippen molar-refractivity contribution in [3.8, 4) is 0 Å². The molecule has 1 fully saturated rings. The molecule has 0 aromatic carbocycles. The van der Waals surface area contributed by atoms with Gasteiger partial charge in [-0.05, 0) is 6.42 Å². The minimum absolute atomic E-state index is 0.239. The highest BCUT2D eigenvalue weighted by atomic mass is 19.4. The monoisotopic (exact) mass is 454 g/mol. The average molecular weight is 454 g/mol. The summed E-state index contributed by atoms with van der Waals surface area (Å²) in [6.07, 6.45) is 0.239. The van der Waals surface area contributed by atoms with Crippen molar-refractivity contribution in [3.63, 3.8) is 0 Å². The van der Waals surface area contributed by atoms with E-state index >= 15 is 0 Å². The molecule has 4 nitrogen and oxygen atoms in total. The van der Waals surface area contributed by atoms with Gasteiger partial charge in [-0.25, -0.2) is 9.18 Å². The van der Waals surface area contributed by atoms with Gasteiger partial charge in [0, 0.05) is 0 Å². The lowest BCUT2D eigenvalue weighted by Gasteiger charge is -2.50. The molecule has 0 aliphatic heterocycles. The van der Waals surface area contributed by atoms with Crippen molar-refractivity contribution >= 4 is 11.9 Å².